The van der Waals surface area contributed by atoms with Crippen molar-refractivity contribution in [1.82, 2.24) is 14.7 Å². The SMILES string of the molecule is Cn1cc(CCOC2(C)CCN(C(=O)OC(C)(C)C)C2)cn1. The number of carbonyl (C=O) groups excluding carboxylic acids is 1. The van der Waals surface area contributed by atoms with Crippen LogP contribution in [-0.4, -0.2) is 51.7 Å². The fourth-order valence-corrected chi connectivity index (χ4v) is 2.55. The Morgan fingerprint density at radius 3 is 2.77 bits per heavy atom. The van der Waals surface area contributed by atoms with Gasteiger partial charge in [-0.3, -0.25) is 4.68 Å². The summed E-state index contributed by atoms with van der Waals surface area (Å²) in [6.07, 6.45) is 5.25. The summed E-state index contributed by atoms with van der Waals surface area (Å²) in [7, 11) is 1.90. The van der Waals surface area contributed by atoms with E-state index >= 15 is 0 Å². The van der Waals surface area contributed by atoms with Gasteiger partial charge >= 0.3 is 6.09 Å². The van der Waals surface area contributed by atoms with E-state index in [2.05, 4.69) is 12.0 Å². The highest BCUT2D eigenvalue weighted by Crippen LogP contribution is 2.26. The van der Waals surface area contributed by atoms with E-state index in [9.17, 15) is 4.79 Å². The molecule has 1 atom stereocenters. The van der Waals surface area contributed by atoms with Crippen molar-refractivity contribution in [3.8, 4) is 0 Å². The quantitative estimate of drug-likeness (QED) is 0.857. The van der Waals surface area contributed by atoms with Gasteiger partial charge in [0.05, 0.1) is 24.9 Å². The monoisotopic (exact) mass is 309 g/mol. The zero-order valence-electron chi connectivity index (χ0n) is 14.3. The molecule has 0 spiro atoms. The number of likely N-dealkylation sites (tertiary alicyclic amines) is 1. The minimum absolute atomic E-state index is 0.257. The third-order valence-corrected chi connectivity index (χ3v) is 3.69. The molecule has 1 amide bonds. The summed E-state index contributed by atoms with van der Waals surface area (Å²) in [6, 6.07) is 0. The van der Waals surface area contributed by atoms with Crippen LogP contribution < -0.4 is 0 Å². The van der Waals surface area contributed by atoms with Crippen molar-refractivity contribution >= 4 is 6.09 Å². The minimum atomic E-state index is -0.461. The first-order chi connectivity index (χ1) is 10.2. The summed E-state index contributed by atoms with van der Waals surface area (Å²) in [5, 5.41) is 4.15. The van der Waals surface area contributed by atoms with E-state index in [0.29, 0.717) is 19.7 Å². The van der Waals surface area contributed by atoms with Crippen molar-refractivity contribution in [1.29, 1.82) is 0 Å². The van der Waals surface area contributed by atoms with Crippen LogP contribution in [0.4, 0.5) is 4.79 Å². The molecular weight excluding hydrogens is 282 g/mol. The molecule has 124 valence electrons. The first-order valence-corrected chi connectivity index (χ1v) is 7.76. The maximum absolute atomic E-state index is 12.1. The van der Waals surface area contributed by atoms with Crippen molar-refractivity contribution in [2.24, 2.45) is 7.05 Å². The van der Waals surface area contributed by atoms with Crippen LogP contribution in [0.5, 0.6) is 0 Å². The van der Waals surface area contributed by atoms with Crippen LogP contribution in [0.15, 0.2) is 12.4 Å². The van der Waals surface area contributed by atoms with Crippen LogP contribution in [0.25, 0.3) is 0 Å². The fraction of sp³-hybridized carbons (Fsp3) is 0.750. The van der Waals surface area contributed by atoms with Gasteiger partial charge in [-0.15, -0.1) is 0 Å². The van der Waals surface area contributed by atoms with Gasteiger partial charge in [-0.1, -0.05) is 0 Å². The lowest BCUT2D eigenvalue weighted by Crippen LogP contribution is -2.39. The number of amides is 1. The van der Waals surface area contributed by atoms with Gasteiger partial charge in [-0.2, -0.15) is 5.10 Å². The van der Waals surface area contributed by atoms with Crippen LogP contribution in [0.3, 0.4) is 0 Å². The number of hydrogen-bond acceptors (Lipinski definition) is 4. The molecule has 1 aliphatic heterocycles. The van der Waals surface area contributed by atoms with E-state index in [1.54, 1.807) is 9.58 Å². The average molecular weight is 309 g/mol. The predicted molar refractivity (Wildman–Crippen MR) is 83.7 cm³/mol. The topological polar surface area (TPSA) is 56.6 Å². The molecule has 1 aromatic rings. The van der Waals surface area contributed by atoms with E-state index in [1.807, 2.05) is 40.2 Å². The molecule has 0 aliphatic carbocycles. The Morgan fingerprint density at radius 2 is 2.18 bits per heavy atom. The summed E-state index contributed by atoms with van der Waals surface area (Å²) in [4.78, 5) is 13.8. The van der Waals surface area contributed by atoms with E-state index in [1.165, 1.54) is 0 Å². The molecule has 6 heteroatoms. The van der Waals surface area contributed by atoms with Gasteiger partial charge in [-0.05, 0) is 46.1 Å². The summed E-state index contributed by atoms with van der Waals surface area (Å²) >= 11 is 0. The molecule has 0 aromatic carbocycles. The summed E-state index contributed by atoms with van der Waals surface area (Å²) in [6.45, 7) is 9.58. The first-order valence-electron chi connectivity index (χ1n) is 7.76. The Labute approximate surface area is 132 Å². The van der Waals surface area contributed by atoms with E-state index in [0.717, 1.165) is 18.4 Å². The second kappa shape index (κ2) is 6.28. The summed E-state index contributed by atoms with van der Waals surface area (Å²) in [5.74, 6) is 0. The summed E-state index contributed by atoms with van der Waals surface area (Å²) in [5.41, 5.74) is 0.407. The fourth-order valence-electron chi connectivity index (χ4n) is 2.55. The van der Waals surface area contributed by atoms with E-state index in [-0.39, 0.29) is 11.7 Å². The zero-order valence-corrected chi connectivity index (χ0v) is 14.3. The molecule has 0 bridgehead atoms. The molecule has 2 rings (SSSR count). The van der Waals surface area contributed by atoms with Crippen LogP contribution in [0.2, 0.25) is 0 Å². The highest BCUT2D eigenvalue weighted by atomic mass is 16.6. The molecule has 1 fully saturated rings. The Bertz CT molecular complexity index is 521. The number of nitrogens with zero attached hydrogens (tertiary/aromatic N) is 3. The lowest BCUT2D eigenvalue weighted by Gasteiger charge is -2.27. The lowest BCUT2D eigenvalue weighted by atomic mass is 10.1. The van der Waals surface area contributed by atoms with Gasteiger partial charge in [0.1, 0.15) is 5.60 Å². The van der Waals surface area contributed by atoms with Gasteiger partial charge in [0, 0.05) is 19.8 Å². The standard InChI is InChI=1S/C16H27N3O3/c1-15(2,3)22-14(20)19-8-7-16(4,12-19)21-9-6-13-10-17-18(5)11-13/h10-11H,6-9,12H2,1-5H3. The van der Waals surface area contributed by atoms with Gasteiger partial charge in [0.25, 0.3) is 0 Å². The van der Waals surface area contributed by atoms with Crippen LogP contribution in [0.1, 0.15) is 39.7 Å². The molecule has 1 saturated heterocycles. The highest BCUT2D eigenvalue weighted by molar-refractivity contribution is 5.68. The Morgan fingerprint density at radius 1 is 1.45 bits per heavy atom. The first kappa shape index (κ1) is 16.8. The zero-order chi connectivity index (χ0) is 16.4. The number of aromatic nitrogens is 2. The minimum Gasteiger partial charge on any atom is -0.444 e. The highest BCUT2D eigenvalue weighted by Gasteiger charge is 2.38. The number of rotatable bonds is 4. The summed E-state index contributed by atoms with van der Waals surface area (Å²) < 4.78 is 13.2. The van der Waals surface area contributed by atoms with E-state index < -0.39 is 5.60 Å². The van der Waals surface area contributed by atoms with Gasteiger partial charge in [-0.25, -0.2) is 4.79 Å². The molecule has 1 aromatic heterocycles. The molecule has 1 unspecified atom stereocenters. The lowest BCUT2D eigenvalue weighted by molar-refractivity contribution is -0.0258. The van der Waals surface area contributed by atoms with Crippen molar-refractivity contribution in [2.45, 2.75) is 51.7 Å². The molecular formula is C16H27N3O3. The van der Waals surface area contributed by atoms with Crippen LogP contribution >= 0.6 is 0 Å². The average Bonchev–Trinajstić information content (AvgIpc) is 2.95. The molecule has 22 heavy (non-hydrogen) atoms. The number of hydrogen-bond donors (Lipinski definition) is 0. The molecule has 0 radical (unpaired) electrons. The normalized spacial score (nSPS) is 22.1. The third-order valence-electron chi connectivity index (χ3n) is 3.69. The Balaban J connectivity index is 1.79. The molecule has 1 aliphatic rings. The Hall–Kier alpha value is -1.56. The molecule has 2 heterocycles. The maximum Gasteiger partial charge on any atom is 0.410 e. The van der Waals surface area contributed by atoms with Crippen molar-refractivity contribution in [3.63, 3.8) is 0 Å². The number of ether oxygens (including phenoxy) is 2. The second-order valence-electron chi connectivity index (χ2n) is 7.22. The number of carbonyl (C=O) groups is 1. The van der Waals surface area contributed by atoms with Gasteiger partial charge in [0.15, 0.2) is 0 Å². The number of aryl methyl sites for hydroxylation is 1. The van der Waals surface area contributed by atoms with Crippen LogP contribution in [0, 0.1) is 0 Å². The maximum atomic E-state index is 12.1. The van der Waals surface area contributed by atoms with Crippen molar-refractivity contribution in [2.75, 3.05) is 19.7 Å². The molecule has 0 saturated carbocycles. The third kappa shape index (κ3) is 4.73. The van der Waals surface area contributed by atoms with Gasteiger partial charge < -0.3 is 14.4 Å². The van der Waals surface area contributed by atoms with Gasteiger partial charge in [0.2, 0.25) is 0 Å². The largest absolute Gasteiger partial charge is 0.444 e. The second-order valence-corrected chi connectivity index (χ2v) is 7.22. The van der Waals surface area contributed by atoms with Crippen molar-refractivity contribution < 1.29 is 14.3 Å². The Kier molecular flexibility index (Phi) is 4.80. The van der Waals surface area contributed by atoms with Crippen LogP contribution in [-0.2, 0) is 22.9 Å². The van der Waals surface area contributed by atoms with E-state index in [4.69, 9.17) is 9.47 Å². The molecule has 0 N–H and O–H groups in total. The predicted octanol–water partition coefficient (Wildman–Crippen LogP) is 2.38. The van der Waals surface area contributed by atoms with Crippen molar-refractivity contribution in [3.05, 3.63) is 18.0 Å². The molecule has 6 nitrogen and oxygen atoms in total. The smallest absolute Gasteiger partial charge is 0.410 e.